The van der Waals surface area contributed by atoms with Gasteiger partial charge in [0.25, 0.3) is 0 Å². The van der Waals surface area contributed by atoms with Crippen LogP contribution in [0.15, 0.2) is 0 Å². The molecule has 0 aromatic heterocycles. The highest BCUT2D eigenvalue weighted by Crippen LogP contribution is 2.23. The summed E-state index contributed by atoms with van der Waals surface area (Å²) in [5, 5.41) is 0. The Morgan fingerprint density at radius 3 is 2.17 bits per heavy atom. The minimum absolute atomic E-state index is 0.225. The van der Waals surface area contributed by atoms with E-state index in [-0.39, 0.29) is 11.6 Å². The Labute approximate surface area is 74.6 Å². The molecule has 0 saturated carbocycles. The van der Waals surface area contributed by atoms with Crippen molar-refractivity contribution in [3.05, 3.63) is 0 Å². The highest BCUT2D eigenvalue weighted by atomic mass is 16.5. The molecule has 1 atom stereocenters. The molecule has 0 radical (unpaired) electrons. The van der Waals surface area contributed by atoms with E-state index in [9.17, 15) is 0 Å². The second-order valence-electron chi connectivity index (χ2n) is 2.74. The second kappa shape index (κ2) is 5.15. The van der Waals surface area contributed by atoms with Gasteiger partial charge in [0.15, 0.2) is 0 Å². The van der Waals surface area contributed by atoms with E-state index in [2.05, 4.69) is 11.3 Å². The van der Waals surface area contributed by atoms with Crippen LogP contribution in [0.2, 0.25) is 0 Å². The number of nitrogens with one attached hydrogen (secondary N) is 1. The topological polar surface area (TPSA) is 47.3 Å². The first-order valence-electron chi connectivity index (χ1n) is 4.18. The van der Waals surface area contributed by atoms with Crippen LogP contribution in [0.4, 0.5) is 0 Å². The van der Waals surface area contributed by atoms with Gasteiger partial charge in [0, 0.05) is 7.11 Å². The zero-order valence-corrected chi connectivity index (χ0v) is 8.05. The van der Waals surface area contributed by atoms with Gasteiger partial charge in [-0.25, -0.2) is 5.43 Å². The first-order valence-corrected chi connectivity index (χ1v) is 4.18. The van der Waals surface area contributed by atoms with Crippen molar-refractivity contribution in [1.29, 1.82) is 0 Å². The van der Waals surface area contributed by atoms with Gasteiger partial charge in [-0.05, 0) is 12.8 Å². The van der Waals surface area contributed by atoms with Crippen molar-refractivity contribution in [1.82, 2.24) is 5.43 Å². The molecule has 1 unspecified atom stereocenters. The summed E-state index contributed by atoms with van der Waals surface area (Å²) in [6.45, 7) is 4.07. The third-order valence-corrected chi connectivity index (χ3v) is 2.46. The summed E-state index contributed by atoms with van der Waals surface area (Å²) < 4.78 is 5.40. The minimum Gasteiger partial charge on any atom is -0.376 e. The quantitative estimate of drug-likeness (QED) is 0.362. The van der Waals surface area contributed by atoms with Crippen molar-refractivity contribution in [2.45, 2.75) is 38.3 Å². The van der Waals surface area contributed by atoms with E-state index in [1.165, 1.54) is 0 Å². The number of rotatable bonds is 5. The van der Waals surface area contributed by atoms with Gasteiger partial charge in [0.2, 0.25) is 0 Å². The fourth-order valence-corrected chi connectivity index (χ4v) is 1.42. The maximum absolute atomic E-state index is 5.40. The van der Waals surface area contributed by atoms with E-state index in [0.29, 0.717) is 0 Å². The van der Waals surface area contributed by atoms with Crippen LogP contribution in [0.3, 0.4) is 0 Å². The summed E-state index contributed by atoms with van der Waals surface area (Å²) in [5.74, 6) is 7.91. The van der Waals surface area contributed by atoms with E-state index in [1.54, 1.807) is 7.11 Å². The van der Waals surface area contributed by atoms with Crippen molar-refractivity contribution in [2.75, 3.05) is 7.11 Å². The van der Waals surface area contributed by atoms with Crippen LogP contribution in [-0.4, -0.2) is 18.8 Å². The highest BCUT2D eigenvalue weighted by molar-refractivity contribution is 5.09. The summed E-state index contributed by atoms with van der Waals surface area (Å²) >= 11 is 0. The molecule has 3 nitrogen and oxygen atoms in total. The van der Waals surface area contributed by atoms with Crippen molar-refractivity contribution < 1.29 is 4.74 Å². The van der Waals surface area contributed by atoms with E-state index < -0.39 is 0 Å². The fourth-order valence-electron chi connectivity index (χ4n) is 1.42. The lowest BCUT2D eigenvalue weighted by molar-refractivity contribution is -0.0327. The Hall–Kier alpha value is -0.560. The predicted octanol–water partition coefficient (Wildman–Crippen LogP) is 0.657. The van der Waals surface area contributed by atoms with Gasteiger partial charge >= 0.3 is 0 Å². The molecule has 0 aromatic carbocycles. The van der Waals surface area contributed by atoms with Crippen LogP contribution in [0.5, 0.6) is 0 Å². The molecule has 0 heterocycles. The molecule has 0 fully saturated rings. The standard InChI is InChI=1S/C9H18N2O/c1-5-8(11-10)9(6-2,7-3)12-4/h1,8,11H,6-7,10H2,2-4H3. The average molecular weight is 170 g/mol. The van der Waals surface area contributed by atoms with Crippen molar-refractivity contribution >= 4 is 0 Å². The first kappa shape index (κ1) is 11.4. The molecule has 0 amide bonds. The molecule has 0 saturated heterocycles. The molecule has 0 aromatic rings. The molecule has 0 aliphatic rings. The maximum Gasteiger partial charge on any atom is 0.110 e. The van der Waals surface area contributed by atoms with Crippen LogP contribution in [-0.2, 0) is 4.74 Å². The molecule has 3 heteroatoms. The maximum atomic E-state index is 5.40. The highest BCUT2D eigenvalue weighted by Gasteiger charge is 2.33. The van der Waals surface area contributed by atoms with Crippen LogP contribution in [0.25, 0.3) is 0 Å². The van der Waals surface area contributed by atoms with Gasteiger partial charge in [-0.2, -0.15) is 0 Å². The molecule has 3 N–H and O–H groups in total. The van der Waals surface area contributed by atoms with Gasteiger partial charge < -0.3 is 4.74 Å². The largest absolute Gasteiger partial charge is 0.376 e. The third kappa shape index (κ3) is 1.98. The van der Waals surface area contributed by atoms with Crippen molar-refractivity contribution in [3.8, 4) is 12.3 Å². The molecular weight excluding hydrogens is 152 g/mol. The number of ether oxygens (including phenoxy) is 1. The molecule has 0 aliphatic heterocycles. The number of hydrazine groups is 1. The number of hydrogen-bond acceptors (Lipinski definition) is 3. The molecule has 12 heavy (non-hydrogen) atoms. The Balaban J connectivity index is 4.57. The van der Waals surface area contributed by atoms with Gasteiger partial charge in [-0.3, -0.25) is 5.84 Å². The Morgan fingerprint density at radius 1 is 1.58 bits per heavy atom. The summed E-state index contributed by atoms with van der Waals surface area (Å²) in [6, 6.07) is -0.225. The molecule has 0 aliphatic carbocycles. The summed E-state index contributed by atoms with van der Waals surface area (Å²) in [6.07, 6.45) is 7.02. The molecule has 70 valence electrons. The van der Waals surface area contributed by atoms with E-state index in [4.69, 9.17) is 17.0 Å². The summed E-state index contributed by atoms with van der Waals surface area (Å²) in [7, 11) is 1.66. The van der Waals surface area contributed by atoms with Crippen molar-refractivity contribution in [2.24, 2.45) is 5.84 Å². The van der Waals surface area contributed by atoms with Crippen LogP contribution >= 0.6 is 0 Å². The number of methoxy groups -OCH3 is 1. The lowest BCUT2D eigenvalue weighted by atomic mass is 9.89. The number of terminal acetylenes is 1. The van der Waals surface area contributed by atoms with Crippen LogP contribution < -0.4 is 11.3 Å². The third-order valence-electron chi connectivity index (χ3n) is 2.46. The Morgan fingerprint density at radius 2 is 2.08 bits per heavy atom. The predicted molar refractivity (Wildman–Crippen MR) is 50.3 cm³/mol. The number of nitrogens with two attached hydrogens (primary N) is 1. The van der Waals surface area contributed by atoms with Crippen LogP contribution in [0, 0.1) is 12.3 Å². The van der Waals surface area contributed by atoms with Gasteiger partial charge in [0.1, 0.15) is 6.04 Å². The Kier molecular flexibility index (Phi) is 4.91. The second-order valence-corrected chi connectivity index (χ2v) is 2.74. The van der Waals surface area contributed by atoms with E-state index >= 15 is 0 Å². The zero-order valence-electron chi connectivity index (χ0n) is 8.05. The summed E-state index contributed by atoms with van der Waals surface area (Å²) in [5.41, 5.74) is 2.25. The average Bonchev–Trinajstić information content (AvgIpc) is 2.14. The van der Waals surface area contributed by atoms with E-state index in [1.807, 2.05) is 13.8 Å². The van der Waals surface area contributed by atoms with E-state index in [0.717, 1.165) is 12.8 Å². The number of hydrogen-bond donors (Lipinski definition) is 2. The lowest BCUT2D eigenvalue weighted by Gasteiger charge is -2.34. The smallest absolute Gasteiger partial charge is 0.110 e. The van der Waals surface area contributed by atoms with Crippen molar-refractivity contribution in [3.63, 3.8) is 0 Å². The minimum atomic E-state index is -0.330. The molecule has 0 bridgehead atoms. The normalized spacial score (nSPS) is 13.9. The SMILES string of the molecule is C#CC(NN)C(CC)(CC)OC. The monoisotopic (exact) mass is 170 g/mol. The molecular formula is C9H18N2O. The summed E-state index contributed by atoms with van der Waals surface area (Å²) in [4.78, 5) is 0. The fraction of sp³-hybridized carbons (Fsp3) is 0.778. The van der Waals surface area contributed by atoms with Gasteiger partial charge in [-0.15, -0.1) is 6.42 Å². The van der Waals surface area contributed by atoms with Gasteiger partial charge in [-0.1, -0.05) is 19.8 Å². The first-order chi connectivity index (χ1) is 5.70. The Bertz CT molecular complexity index is 150. The molecule has 0 rings (SSSR count). The lowest BCUT2D eigenvalue weighted by Crippen LogP contribution is -2.53. The van der Waals surface area contributed by atoms with Gasteiger partial charge in [0.05, 0.1) is 5.60 Å². The van der Waals surface area contributed by atoms with Crippen LogP contribution in [0.1, 0.15) is 26.7 Å². The zero-order chi connectivity index (χ0) is 9.61. The molecule has 0 spiro atoms.